The van der Waals surface area contributed by atoms with E-state index >= 15 is 0 Å². The summed E-state index contributed by atoms with van der Waals surface area (Å²) >= 11 is 0. The molecule has 0 aliphatic heterocycles. The van der Waals surface area contributed by atoms with Gasteiger partial charge in [0, 0.05) is 5.54 Å². The summed E-state index contributed by atoms with van der Waals surface area (Å²) in [6.07, 6.45) is 3.75. The maximum atomic E-state index is 5.51. The van der Waals surface area contributed by atoms with Crippen molar-refractivity contribution in [3.8, 4) is 0 Å². The molecule has 0 bridgehead atoms. The molecule has 0 radical (unpaired) electrons. The van der Waals surface area contributed by atoms with Gasteiger partial charge in [-0.1, -0.05) is 33.6 Å². The van der Waals surface area contributed by atoms with Gasteiger partial charge in [-0.3, -0.25) is 11.3 Å². The van der Waals surface area contributed by atoms with E-state index in [0.29, 0.717) is 0 Å². The molecule has 0 fully saturated rings. The van der Waals surface area contributed by atoms with Gasteiger partial charge < -0.3 is 5.48 Å². The Labute approximate surface area is 82.4 Å². The predicted molar refractivity (Wildman–Crippen MR) is 58.3 cm³/mol. The first-order chi connectivity index (χ1) is 5.37. The Morgan fingerprint density at radius 2 is 1.62 bits per heavy atom. The highest BCUT2D eigenvalue weighted by molar-refractivity contribution is 4.91. The summed E-state index contributed by atoms with van der Waals surface area (Å²) in [5.41, 5.74) is 3.17. The van der Waals surface area contributed by atoms with Crippen LogP contribution in [-0.2, 0) is 0 Å². The van der Waals surface area contributed by atoms with Crippen molar-refractivity contribution in [2.45, 2.75) is 59.4 Å². The predicted octanol–water partition coefficient (Wildman–Crippen LogP) is 1.62. The van der Waals surface area contributed by atoms with Crippen LogP contribution in [0, 0.1) is 5.41 Å². The van der Waals surface area contributed by atoms with E-state index in [-0.39, 0.29) is 16.4 Å². The molecule has 0 saturated carbocycles. The normalized spacial score (nSPS) is 12.5. The van der Waals surface area contributed by atoms with Crippen LogP contribution < -0.4 is 11.3 Å². The molecule has 0 atom stereocenters. The van der Waals surface area contributed by atoms with Crippen molar-refractivity contribution < 1.29 is 5.48 Å². The van der Waals surface area contributed by atoms with Crippen molar-refractivity contribution in [2.75, 3.05) is 0 Å². The van der Waals surface area contributed by atoms with Crippen molar-refractivity contribution in [3.05, 3.63) is 0 Å². The molecule has 0 saturated heterocycles. The first-order valence-electron chi connectivity index (χ1n) is 4.85. The molecule has 0 spiro atoms. The molecule has 0 rings (SSSR count). The highest BCUT2D eigenvalue weighted by Crippen LogP contribution is 2.34. The zero-order chi connectivity index (χ0) is 9.83. The van der Waals surface area contributed by atoms with Crippen LogP contribution in [0.1, 0.15) is 53.9 Å². The molecule has 13 heavy (non-hydrogen) atoms. The second kappa shape index (κ2) is 5.58. The first-order valence-corrected chi connectivity index (χ1v) is 4.85. The largest absolute Gasteiger partial charge is 0.412 e. The maximum absolute atomic E-state index is 5.51. The van der Waals surface area contributed by atoms with Crippen molar-refractivity contribution in [1.82, 2.24) is 5.43 Å². The third-order valence-electron chi connectivity index (χ3n) is 3.21. The Bertz CT molecular complexity index is 133. The van der Waals surface area contributed by atoms with Crippen LogP contribution in [0.15, 0.2) is 0 Å². The van der Waals surface area contributed by atoms with Gasteiger partial charge in [-0.25, -0.2) is 0 Å². The fourth-order valence-corrected chi connectivity index (χ4v) is 1.13. The van der Waals surface area contributed by atoms with Gasteiger partial charge >= 0.3 is 0 Å². The zero-order valence-electron chi connectivity index (χ0n) is 9.70. The monoisotopic (exact) mass is 190 g/mol. The Balaban J connectivity index is 0. The molecule has 0 aromatic carbocycles. The molecule has 0 heterocycles. The number of hydrazine groups is 1. The summed E-state index contributed by atoms with van der Waals surface area (Å²) in [5, 5.41) is 0. The van der Waals surface area contributed by atoms with Crippen LogP contribution in [0.5, 0.6) is 0 Å². The number of nitrogens with one attached hydrogen (secondary N) is 1. The second-order valence-electron chi connectivity index (χ2n) is 4.76. The highest BCUT2D eigenvalue weighted by atomic mass is 16.0. The van der Waals surface area contributed by atoms with E-state index in [0.717, 1.165) is 0 Å². The van der Waals surface area contributed by atoms with Gasteiger partial charge in [-0.05, 0) is 25.7 Å². The quantitative estimate of drug-likeness (QED) is 0.511. The molecule has 0 aliphatic carbocycles. The van der Waals surface area contributed by atoms with E-state index in [4.69, 9.17) is 5.84 Å². The minimum Gasteiger partial charge on any atom is -0.412 e. The van der Waals surface area contributed by atoms with Gasteiger partial charge in [-0.15, -0.1) is 0 Å². The van der Waals surface area contributed by atoms with Gasteiger partial charge in [0.05, 0.1) is 0 Å². The Morgan fingerprint density at radius 1 is 1.15 bits per heavy atom. The molecule has 3 heteroatoms. The van der Waals surface area contributed by atoms with Gasteiger partial charge in [0.25, 0.3) is 0 Å². The molecule has 0 aromatic rings. The van der Waals surface area contributed by atoms with E-state index in [1.54, 1.807) is 0 Å². The number of hydrogen-bond donors (Lipinski definition) is 2. The molecule has 0 aliphatic rings. The standard InChI is InChI=1S/C10H24N2.H2O/c1-6-7-8-9(2,3)10(4,5)12-11;/h12H,6-8,11H2,1-5H3;1H2. The lowest BCUT2D eigenvalue weighted by molar-refractivity contribution is 0.139. The molecule has 0 aromatic heterocycles. The summed E-state index contributed by atoms with van der Waals surface area (Å²) in [4.78, 5) is 0. The smallest absolute Gasteiger partial charge is 0.0315 e. The van der Waals surface area contributed by atoms with Crippen LogP contribution in [0.25, 0.3) is 0 Å². The number of rotatable bonds is 5. The molecule has 3 nitrogen and oxygen atoms in total. The minimum atomic E-state index is 0. The van der Waals surface area contributed by atoms with Crippen LogP contribution in [0.3, 0.4) is 0 Å². The van der Waals surface area contributed by atoms with Crippen LogP contribution in [0.4, 0.5) is 0 Å². The van der Waals surface area contributed by atoms with E-state index < -0.39 is 0 Å². The molecular weight excluding hydrogens is 164 g/mol. The van der Waals surface area contributed by atoms with Crippen LogP contribution in [0.2, 0.25) is 0 Å². The molecular formula is C10H26N2O. The third kappa shape index (κ3) is 4.07. The minimum absolute atomic E-state index is 0. The third-order valence-corrected chi connectivity index (χ3v) is 3.21. The highest BCUT2D eigenvalue weighted by Gasteiger charge is 2.34. The molecule has 5 N–H and O–H groups in total. The van der Waals surface area contributed by atoms with Crippen molar-refractivity contribution in [1.29, 1.82) is 0 Å². The lowest BCUT2D eigenvalue weighted by atomic mass is 9.72. The zero-order valence-corrected chi connectivity index (χ0v) is 9.70. The summed E-state index contributed by atoms with van der Waals surface area (Å²) in [6, 6.07) is 0. The topological polar surface area (TPSA) is 69.5 Å². The molecule has 0 amide bonds. The van der Waals surface area contributed by atoms with Crippen LogP contribution >= 0.6 is 0 Å². The average Bonchev–Trinajstić information content (AvgIpc) is 2.00. The second-order valence-corrected chi connectivity index (χ2v) is 4.76. The maximum Gasteiger partial charge on any atom is 0.0315 e. The van der Waals surface area contributed by atoms with Gasteiger partial charge in [0.1, 0.15) is 0 Å². The summed E-state index contributed by atoms with van der Waals surface area (Å²) in [5.74, 6) is 5.51. The number of nitrogens with two attached hydrogens (primary N) is 1. The SMILES string of the molecule is CCCCC(C)(C)C(C)(C)NN.O. The van der Waals surface area contributed by atoms with Crippen LogP contribution in [-0.4, -0.2) is 11.0 Å². The van der Waals surface area contributed by atoms with E-state index in [2.05, 4.69) is 40.0 Å². The fraction of sp³-hybridized carbons (Fsp3) is 1.00. The fourth-order valence-electron chi connectivity index (χ4n) is 1.13. The Kier molecular flexibility index (Phi) is 6.59. The van der Waals surface area contributed by atoms with Gasteiger partial charge in [0.2, 0.25) is 0 Å². The number of unbranched alkanes of at least 4 members (excludes halogenated alkanes) is 1. The van der Waals surface area contributed by atoms with Gasteiger partial charge in [0.15, 0.2) is 0 Å². The number of hydrogen-bond acceptors (Lipinski definition) is 2. The van der Waals surface area contributed by atoms with Gasteiger partial charge in [-0.2, -0.15) is 0 Å². The van der Waals surface area contributed by atoms with Crippen molar-refractivity contribution in [2.24, 2.45) is 11.3 Å². The summed E-state index contributed by atoms with van der Waals surface area (Å²) in [7, 11) is 0. The Hall–Kier alpha value is -0.120. The Morgan fingerprint density at radius 3 is 1.92 bits per heavy atom. The molecule has 0 unspecified atom stereocenters. The van der Waals surface area contributed by atoms with E-state index in [1.807, 2.05) is 0 Å². The lowest BCUT2D eigenvalue weighted by Crippen LogP contribution is -2.54. The van der Waals surface area contributed by atoms with Crippen molar-refractivity contribution in [3.63, 3.8) is 0 Å². The summed E-state index contributed by atoms with van der Waals surface area (Å²) in [6.45, 7) is 11.1. The molecule has 82 valence electrons. The lowest BCUT2D eigenvalue weighted by Gasteiger charge is -2.41. The van der Waals surface area contributed by atoms with Crippen molar-refractivity contribution >= 4 is 0 Å². The summed E-state index contributed by atoms with van der Waals surface area (Å²) < 4.78 is 0. The average molecular weight is 190 g/mol. The van der Waals surface area contributed by atoms with E-state index in [9.17, 15) is 0 Å². The van der Waals surface area contributed by atoms with E-state index in [1.165, 1.54) is 19.3 Å². The first kappa shape index (κ1) is 15.4.